The van der Waals surface area contributed by atoms with Gasteiger partial charge in [0.2, 0.25) is 0 Å². The van der Waals surface area contributed by atoms with Crippen molar-refractivity contribution in [3.05, 3.63) is 62.5 Å². The number of rotatable bonds is 7. The molecular formula is C19H19Br2N3O4. The van der Waals surface area contributed by atoms with Gasteiger partial charge in [0.05, 0.1) is 21.8 Å². The van der Waals surface area contributed by atoms with Crippen molar-refractivity contribution in [3.8, 4) is 5.75 Å². The molecular weight excluding hydrogens is 494 g/mol. The molecule has 0 radical (unpaired) electrons. The maximum atomic E-state index is 12.5. The molecule has 0 spiro atoms. The van der Waals surface area contributed by atoms with Crippen LogP contribution in [0.15, 0.2) is 56.5 Å². The SMILES string of the molecule is CCOC(=O)N[C@H](Cc1ccccc1)C(=O)N/N=C\c1cc(Br)c(O)c(Br)c1. The number of hydrogen-bond donors (Lipinski definition) is 3. The summed E-state index contributed by atoms with van der Waals surface area (Å²) in [4.78, 5) is 24.3. The van der Waals surface area contributed by atoms with Gasteiger partial charge in [-0.15, -0.1) is 0 Å². The second-order valence-corrected chi connectivity index (χ2v) is 7.38. The van der Waals surface area contributed by atoms with E-state index in [1.165, 1.54) is 6.21 Å². The Morgan fingerprint density at radius 3 is 2.46 bits per heavy atom. The standard InChI is InChI=1S/C19H19Br2N3O4/c1-2-28-19(27)23-16(10-12-6-4-3-5-7-12)18(26)24-22-11-13-8-14(20)17(25)15(21)9-13/h3-9,11,16,25H,2,10H2,1H3,(H,23,27)(H,24,26)/b22-11-/t16-/m1/s1. The number of aromatic hydroxyl groups is 1. The number of hydrazone groups is 1. The minimum absolute atomic E-state index is 0.0720. The van der Waals surface area contributed by atoms with Crippen LogP contribution in [-0.2, 0) is 16.0 Å². The van der Waals surface area contributed by atoms with Gasteiger partial charge in [-0.05, 0) is 62.0 Å². The lowest BCUT2D eigenvalue weighted by Gasteiger charge is -2.16. The minimum atomic E-state index is -0.850. The fourth-order valence-electron chi connectivity index (χ4n) is 2.28. The quantitative estimate of drug-likeness (QED) is 0.388. The van der Waals surface area contributed by atoms with Crippen LogP contribution in [0.5, 0.6) is 5.75 Å². The van der Waals surface area contributed by atoms with Crippen molar-refractivity contribution in [2.24, 2.45) is 5.10 Å². The molecule has 7 nitrogen and oxygen atoms in total. The number of hydrogen-bond acceptors (Lipinski definition) is 5. The lowest BCUT2D eigenvalue weighted by Crippen LogP contribution is -2.47. The zero-order chi connectivity index (χ0) is 20.5. The lowest BCUT2D eigenvalue weighted by molar-refractivity contribution is -0.123. The van der Waals surface area contributed by atoms with Gasteiger partial charge in [-0.25, -0.2) is 10.2 Å². The first-order valence-corrected chi connectivity index (χ1v) is 9.97. The topological polar surface area (TPSA) is 100 Å². The summed E-state index contributed by atoms with van der Waals surface area (Å²) >= 11 is 6.46. The molecule has 1 atom stereocenters. The third kappa shape index (κ3) is 6.65. The molecule has 2 amide bonds. The number of phenolic OH excluding ortho intramolecular Hbond substituents is 1. The Hall–Kier alpha value is -2.39. The Morgan fingerprint density at radius 1 is 1.21 bits per heavy atom. The predicted octanol–water partition coefficient (Wildman–Crippen LogP) is 3.72. The van der Waals surface area contributed by atoms with Crippen molar-refractivity contribution < 1.29 is 19.4 Å². The van der Waals surface area contributed by atoms with Crippen LogP contribution in [0.25, 0.3) is 0 Å². The number of nitrogens with one attached hydrogen (secondary N) is 2. The highest BCUT2D eigenvalue weighted by Crippen LogP contribution is 2.32. The molecule has 0 aliphatic heterocycles. The average Bonchev–Trinajstić information content (AvgIpc) is 2.66. The van der Waals surface area contributed by atoms with Gasteiger partial charge < -0.3 is 15.2 Å². The van der Waals surface area contributed by atoms with E-state index in [1.54, 1.807) is 19.1 Å². The van der Waals surface area contributed by atoms with Gasteiger partial charge in [0.15, 0.2) is 0 Å². The van der Waals surface area contributed by atoms with E-state index in [0.29, 0.717) is 14.5 Å². The van der Waals surface area contributed by atoms with Crippen LogP contribution >= 0.6 is 31.9 Å². The molecule has 0 aromatic heterocycles. The predicted molar refractivity (Wildman–Crippen MR) is 113 cm³/mol. The molecule has 2 aromatic carbocycles. The fourth-order valence-corrected chi connectivity index (χ4v) is 3.50. The summed E-state index contributed by atoms with van der Waals surface area (Å²) in [6.07, 6.45) is 1.04. The summed E-state index contributed by atoms with van der Waals surface area (Å²) in [5, 5.41) is 16.2. The Bertz CT molecular complexity index is 837. The monoisotopic (exact) mass is 511 g/mol. The molecule has 2 aromatic rings. The first kappa shape index (κ1) is 21.9. The van der Waals surface area contributed by atoms with E-state index in [1.807, 2.05) is 30.3 Å². The Morgan fingerprint density at radius 2 is 1.86 bits per heavy atom. The van der Waals surface area contributed by atoms with Crippen molar-refractivity contribution in [2.45, 2.75) is 19.4 Å². The summed E-state index contributed by atoms with van der Waals surface area (Å²) in [5.74, 6) is -0.409. The Balaban J connectivity index is 2.07. The fraction of sp³-hybridized carbons (Fsp3) is 0.211. The van der Waals surface area contributed by atoms with E-state index in [9.17, 15) is 14.7 Å². The summed E-state index contributed by atoms with van der Waals surface area (Å²) in [6, 6.07) is 11.7. The van der Waals surface area contributed by atoms with Crippen LogP contribution < -0.4 is 10.7 Å². The average molecular weight is 513 g/mol. The van der Waals surface area contributed by atoms with Crippen LogP contribution in [0.3, 0.4) is 0 Å². The van der Waals surface area contributed by atoms with Crippen molar-refractivity contribution in [3.63, 3.8) is 0 Å². The molecule has 0 bridgehead atoms. The molecule has 0 fully saturated rings. The molecule has 0 aliphatic carbocycles. The van der Waals surface area contributed by atoms with Gasteiger partial charge in [0, 0.05) is 6.42 Å². The number of carbonyl (C=O) groups is 2. The maximum absolute atomic E-state index is 12.5. The van der Waals surface area contributed by atoms with Crippen molar-refractivity contribution in [2.75, 3.05) is 6.61 Å². The number of nitrogens with zero attached hydrogens (tertiary/aromatic N) is 1. The zero-order valence-electron chi connectivity index (χ0n) is 15.0. The minimum Gasteiger partial charge on any atom is -0.506 e. The van der Waals surface area contributed by atoms with Crippen LogP contribution in [0.1, 0.15) is 18.1 Å². The molecule has 28 heavy (non-hydrogen) atoms. The third-order valence-electron chi connectivity index (χ3n) is 3.59. The summed E-state index contributed by atoms with van der Waals surface area (Å²) < 4.78 is 5.84. The largest absolute Gasteiger partial charge is 0.506 e. The lowest BCUT2D eigenvalue weighted by atomic mass is 10.1. The molecule has 0 saturated carbocycles. The summed E-state index contributed by atoms with van der Waals surface area (Å²) in [7, 11) is 0. The first-order chi connectivity index (χ1) is 13.4. The second-order valence-electron chi connectivity index (χ2n) is 5.67. The van der Waals surface area contributed by atoms with E-state index in [-0.39, 0.29) is 18.8 Å². The van der Waals surface area contributed by atoms with E-state index in [4.69, 9.17) is 4.74 Å². The Kier molecular flexibility index (Phi) is 8.46. The highest BCUT2D eigenvalue weighted by molar-refractivity contribution is 9.11. The van der Waals surface area contributed by atoms with Gasteiger partial charge >= 0.3 is 6.09 Å². The molecule has 3 N–H and O–H groups in total. The van der Waals surface area contributed by atoms with Gasteiger partial charge in [-0.2, -0.15) is 5.10 Å². The molecule has 2 rings (SSSR count). The van der Waals surface area contributed by atoms with Gasteiger partial charge in [-0.3, -0.25) is 4.79 Å². The molecule has 0 aliphatic rings. The van der Waals surface area contributed by atoms with Crippen LogP contribution in [0.2, 0.25) is 0 Å². The highest BCUT2D eigenvalue weighted by Gasteiger charge is 2.21. The summed E-state index contributed by atoms with van der Waals surface area (Å²) in [5.41, 5.74) is 3.95. The van der Waals surface area contributed by atoms with Crippen LogP contribution in [0, 0.1) is 0 Å². The number of halogens is 2. The van der Waals surface area contributed by atoms with E-state index < -0.39 is 18.0 Å². The number of carbonyl (C=O) groups excluding carboxylic acids is 2. The Labute approximate surface area is 179 Å². The van der Waals surface area contributed by atoms with Crippen LogP contribution in [-0.4, -0.2) is 36.0 Å². The molecule has 0 saturated heterocycles. The van der Waals surface area contributed by atoms with E-state index in [2.05, 4.69) is 47.7 Å². The number of phenols is 1. The number of ether oxygens (including phenoxy) is 1. The number of benzene rings is 2. The molecule has 148 valence electrons. The van der Waals surface area contributed by atoms with E-state index >= 15 is 0 Å². The van der Waals surface area contributed by atoms with E-state index in [0.717, 1.165) is 5.56 Å². The van der Waals surface area contributed by atoms with Crippen molar-refractivity contribution >= 4 is 50.1 Å². The maximum Gasteiger partial charge on any atom is 0.407 e. The van der Waals surface area contributed by atoms with Gasteiger partial charge in [-0.1, -0.05) is 30.3 Å². The molecule has 0 unspecified atom stereocenters. The third-order valence-corrected chi connectivity index (χ3v) is 4.80. The zero-order valence-corrected chi connectivity index (χ0v) is 18.2. The normalized spacial score (nSPS) is 11.8. The van der Waals surface area contributed by atoms with Crippen molar-refractivity contribution in [1.29, 1.82) is 0 Å². The highest BCUT2D eigenvalue weighted by atomic mass is 79.9. The number of amides is 2. The first-order valence-electron chi connectivity index (χ1n) is 8.38. The van der Waals surface area contributed by atoms with Crippen LogP contribution in [0.4, 0.5) is 4.79 Å². The van der Waals surface area contributed by atoms with Crippen molar-refractivity contribution in [1.82, 2.24) is 10.7 Å². The second kappa shape index (κ2) is 10.8. The number of alkyl carbamates (subject to hydrolysis) is 1. The smallest absolute Gasteiger partial charge is 0.407 e. The van der Waals surface area contributed by atoms with Gasteiger partial charge in [0.25, 0.3) is 5.91 Å². The molecule has 0 heterocycles. The molecule has 9 heteroatoms. The summed E-state index contributed by atoms with van der Waals surface area (Å²) in [6.45, 7) is 1.89. The van der Waals surface area contributed by atoms with Gasteiger partial charge in [0.1, 0.15) is 11.8 Å².